The van der Waals surface area contributed by atoms with Gasteiger partial charge in [-0.3, -0.25) is 4.57 Å². The molecule has 0 bridgehead atoms. The zero-order valence-electron chi connectivity index (χ0n) is 8.50. The van der Waals surface area contributed by atoms with E-state index in [-0.39, 0.29) is 14.1 Å². The van der Waals surface area contributed by atoms with Crippen LogP contribution < -0.4 is 5.30 Å². The predicted molar refractivity (Wildman–Crippen MR) is 64.0 cm³/mol. The molecule has 80 valence electrons. The normalized spacial score (nSPS) is 30.8. The number of benzene rings is 1. The van der Waals surface area contributed by atoms with Crippen LogP contribution in [0.3, 0.4) is 0 Å². The third-order valence-electron chi connectivity index (χ3n) is 3.10. The summed E-state index contributed by atoms with van der Waals surface area (Å²) in [6.07, 6.45) is 3.30. The van der Waals surface area contributed by atoms with Gasteiger partial charge in [0.15, 0.2) is 8.46 Å². The van der Waals surface area contributed by atoms with Crippen LogP contribution in [0.25, 0.3) is 0 Å². The smallest absolute Gasteiger partial charge is 0.156 e. The van der Waals surface area contributed by atoms with E-state index in [1.54, 1.807) is 0 Å². The first-order valence-corrected chi connectivity index (χ1v) is 8.17. The molecular formula is C11H14O2P2. The Kier molecular flexibility index (Phi) is 3.38. The van der Waals surface area contributed by atoms with Gasteiger partial charge >= 0.3 is 0 Å². The summed E-state index contributed by atoms with van der Waals surface area (Å²) in [6, 6.07) is 9.69. The quantitative estimate of drug-likeness (QED) is 0.760. The van der Waals surface area contributed by atoms with E-state index in [0.717, 1.165) is 24.3 Å². The fourth-order valence-electron chi connectivity index (χ4n) is 2.28. The molecule has 0 aromatic heterocycles. The van der Waals surface area contributed by atoms with Gasteiger partial charge < -0.3 is 4.57 Å². The van der Waals surface area contributed by atoms with Gasteiger partial charge in [0, 0.05) is 23.3 Å². The van der Waals surface area contributed by atoms with Crippen LogP contribution in [-0.4, -0.2) is 18.0 Å². The number of hydrogen-bond donors (Lipinski definition) is 0. The summed E-state index contributed by atoms with van der Waals surface area (Å²) >= 11 is 0. The molecule has 1 aliphatic heterocycles. The lowest BCUT2D eigenvalue weighted by Gasteiger charge is -2.18. The summed E-state index contributed by atoms with van der Waals surface area (Å²) in [4.78, 5) is 0. The van der Waals surface area contributed by atoms with Crippen LogP contribution in [0.2, 0.25) is 0 Å². The van der Waals surface area contributed by atoms with Gasteiger partial charge in [-0.1, -0.05) is 30.3 Å². The van der Waals surface area contributed by atoms with E-state index in [0.29, 0.717) is 6.16 Å². The lowest BCUT2D eigenvalue weighted by molar-refractivity contribution is 0.576. The largest absolute Gasteiger partial charge is 0.318 e. The van der Waals surface area contributed by atoms with Crippen LogP contribution in [0.1, 0.15) is 12.8 Å². The minimum atomic E-state index is -2.26. The Morgan fingerprint density at radius 3 is 2.73 bits per heavy atom. The van der Waals surface area contributed by atoms with Gasteiger partial charge in [-0.15, -0.1) is 0 Å². The minimum absolute atomic E-state index is 0.127. The highest BCUT2D eigenvalue weighted by Crippen LogP contribution is 2.57. The standard InChI is InChI=1S/C11H14O2P2/c12-14-9-11-7-4-8-15(11,13)10-5-2-1-3-6-10/h1-3,5-6,11H,4,7-9H2. The van der Waals surface area contributed by atoms with E-state index in [1.165, 1.54) is 0 Å². The summed E-state index contributed by atoms with van der Waals surface area (Å²) < 4.78 is 23.4. The van der Waals surface area contributed by atoms with E-state index < -0.39 is 7.14 Å². The van der Waals surface area contributed by atoms with Crippen molar-refractivity contribution in [3.8, 4) is 0 Å². The highest BCUT2D eigenvalue weighted by atomic mass is 31.2. The van der Waals surface area contributed by atoms with Gasteiger partial charge in [0.1, 0.15) is 7.14 Å². The topological polar surface area (TPSA) is 34.1 Å². The molecule has 0 spiro atoms. The maximum Gasteiger partial charge on any atom is 0.156 e. The van der Waals surface area contributed by atoms with Crippen molar-refractivity contribution in [1.29, 1.82) is 0 Å². The van der Waals surface area contributed by atoms with E-state index >= 15 is 0 Å². The van der Waals surface area contributed by atoms with E-state index in [9.17, 15) is 9.13 Å². The first-order chi connectivity index (χ1) is 7.27. The Bertz CT molecular complexity index is 389. The van der Waals surface area contributed by atoms with Crippen LogP contribution in [0.4, 0.5) is 0 Å². The molecule has 1 aliphatic rings. The van der Waals surface area contributed by atoms with Crippen molar-refractivity contribution in [2.24, 2.45) is 0 Å². The van der Waals surface area contributed by atoms with Crippen molar-refractivity contribution in [2.45, 2.75) is 18.5 Å². The Labute approximate surface area is 91.7 Å². The summed E-state index contributed by atoms with van der Waals surface area (Å²) in [6.45, 7) is 0. The predicted octanol–water partition coefficient (Wildman–Crippen LogP) is 3.13. The molecule has 1 fully saturated rings. The molecule has 0 aliphatic carbocycles. The van der Waals surface area contributed by atoms with Crippen molar-refractivity contribution >= 4 is 20.9 Å². The van der Waals surface area contributed by atoms with Crippen molar-refractivity contribution in [3.05, 3.63) is 30.3 Å². The maximum atomic E-state index is 12.8. The van der Waals surface area contributed by atoms with Crippen LogP contribution in [0.15, 0.2) is 30.3 Å². The lowest BCUT2D eigenvalue weighted by Crippen LogP contribution is -2.15. The molecule has 0 amide bonds. The van der Waals surface area contributed by atoms with Crippen molar-refractivity contribution in [3.63, 3.8) is 0 Å². The highest BCUT2D eigenvalue weighted by molar-refractivity contribution is 7.72. The van der Waals surface area contributed by atoms with Crippen molar-refractivity contribution in [2.75, 3.05) is 12.3 Å². The SMILES string of the molecule is O=PCC1CCCP1(=O)c1ccccc1. The van der Waals surface area contributed by atoms with Crippen LogP contribution in [0, 0.1) is 0 Å². The Morgan fingerprint density at radius 2 is 2.07 bits per heavy atom. The Morgan fingerprint density at radius 1 is 1.33 bits per heavy atom. The molecule has 0 radical (unpaired) electrons. The minimum Gasteiger partial charge on any atom is -0.318 e. The molecule has 4 heteroatoms. The first-order valence-electron chi connectivity index (χ1n) is 5.21. The lowest BCUT2D eigenvalue weighted by atomic mass is 10.3. The molecular weight excluding hydrogens is 226 g/mol. The van der Waals surface area contributed by atoms with E-state index in [4.69, 9.17) is 0 Å². The van der Waals surface area contributed by atoms with Crippen LogP contribution in [0.5, 0.6) is 0 Å². The molecule has 1 aromatic carbocycles. The summed E-state index contributed by atoms with van der Waals surface area (Å²) in [5.41, 5.74) is 0.138. The first kappa shape index (κ1) is 11.0. The molecule has 2 nitrogen and oxygen atoms in total. The second-order valence-electron chi connectivity index (χ2n) is 3.96. The van der Waals surface area contributed by atoms with Gasteiger partial charge in [0.2, 0.25) is 0 Å². The molecule has 0 N–H and O–H groups in total. The van der Waals surface area contributed by atoms with Gasteiger partial charge in [0.25, 0.3) is 0 Å². The second-order valence-corrected chi connectivity index (χ2v) is 7.87. The van der Waals surface area contributed by atoms with Gasteiger partial charge in [-0.05, 0) is 12.8 Å². The Hall–Kier alpha value is -0.450. The summed E-state index contributed by atoms with van der Waals surface area (Å²) in [5, 5.41) is 0.969. The average Bonchev–Trinajstić information content (AvgIpc) is 2.64. The zero-order chi connectivity index (χ0) is 10.7. The third kappa shape index (κ3) is 2.07. The zero-order valence-corrected chi connectivity index (χ0v) is 10.3. The molecule has 1 heterocycles. The number of hydrogen-bond acceptors (Lipinski definition) is 2. The maximum absolute atomic E-state index is 12.8. The van der Waals surface area contributed by atoms with Gasteiger partial charge in [0.05, 0.1) is 0 Å². The highest BCUT2D eigenvalue weighted by Gasteiger charge is 2.38. The van der Waals surface area contributed by atoms with E-state index in [1.807, 2.05) is 30.3 Å². The van der Waals surface area contributed by atoms with E-state index in [2.05, 4.69) is 0 Å². The molecule has 2 unspecified atom stereocenters. The summed E-state index contributed by atoms with van der Waals surface area (Å²) in [5.74, 6) is 0. The van der Waals surface area contributed by atoms with Crippen molar-refractivity contribution < 1.29 is 9.13 Å². The van der Waals surface area contributed by atoms with Crippen LogP contribution >= 0.6 is 15.6 Å². The molecule has 15 heavy (non-hydrogen) atoms. The monoisotopic (exact) mass is 240 g/mol. The van der Waals surface area contributed by atoms with Crippen LogP contribution in [-0.2, 0) is 9.13 Å². The fourth-order valence-corrected chi connectivity index (χ4v) is 6.87. The molecule has 2 atom stereocenters. The fraction of sp³-hybridized carbons (Fsp3) is 0.455. The molecule has 0 saturated carbocycles. The van der Waals surface area contributed by atoms with Gasteiger partial charge in [-0.25, -0.2) is 0 Å². The number of rotatable bonds is 3. The van der Waals surface area contributed by atoms with Gasteiger partial charge in [-0.2, -0.15) is 0 Å². The molecule has 1 saturated heterocycles. The third-order valence-corrected chi connectivity index (χ3v) is 7.75. The second kappa shape index (κ2) is 4.60. The molecule has 2 rings (SSSR count). The van der Waals surface area contributed by atoms with Crippen molar-refractivity contribution in [1.82, 2.24) is 0 Å². The molecule has 1 aromatic rings. The Balaban J connectivity index is 2.33. The summed E-state index contributed by atoms with van der Waals surface area (Å²) in [7, 11) is -2.13. The average molecular weight is 240 g/mol.